The molecule has 0 fully saturated rings. The second kappa shape index (κ2) is 15.0. The smallest absolute Gasteiger partial charge is 0.121 e. The van der Waals surface area contributed by atoms with Gasteiger partial charge in [-0.1, -0.05) is 24.3 Å². The molecule has 0 bridgehead atoms. The Bertz CT molecular complexity index is 2710. The van der Waals surface area contributed by atoms with Gasteiger partial charge in [0.25, 0.3) is 0 Å². The minimum absolute atomic E-state index is 0.979. The number of benzene rings is 4. The van der Waals surface area contributed by atoms with Gasteiger partial charge in [0, 0.05) is 32.3 Å². The van der Waals surface area contributed by atoms with Crippen molar-refractivity contribution in [1.29, 1.82) is 0 Å². The highest BCUT2D eigenvalue weighted by molar-refractivity contribution is 7.18. The fourth-order valence-corrected chi connectivity index (χ4v) is 13.1. The maximum Gasteiger partial charge on any atom is 0.121 e. The third-order valence-corrected chi connectivity index (χ3v) is 15.9. The highest BCUT2D eigenvalue weighted by Crippen LogP contribution is 2.56. The van der Waals surface area contributed by atoms with E-state index in [-0.39, 0.29) is 0 Å². The zero-order valence-electron chi connectivity index (χ0n) is 30.3. The highest BCUT2D eigenvalue weighted by Gasteiger charge is 2.30. The Hall–Kier alpha value is -5.84. The van der Waals surface area contributed by atoms with Crippen LogP contribution >= 0.6 is 90.7 Å². The van der Waals surface area contributed by atoms with Crippen LogP contribution in [0.1, 0.15) is 0 Å². The highest BCUT2D eigenvalue weighted by atomic mass is 32.1. The monoisotopic (exact) mass is 926 g/mol. The second-order valence-electron chi connectivity index (χ2n) is 13.0. The van der Waals surface area contributed by atoms with Crippen LogP contribution in [0.4, 0.5) is 62.8 Å². The third kappa shape index (κ3) is 5.90. The van der Waals surface area contributed by atoms with Crippen LogP contribution in [-0.2, 0) is 0 Å². The lowest BCUT2D eigenvalue weighted by atomic mass is 9.90. The Morgan fingerprint density at radius 3 is 0.600 bits per heavy atom. The second-order valence-corrected chi connectivity index (χ2v) is 19.9. The van der Waals surface area contributed by atoms with E-state index in [2.05, 4.69) is 95.9 Å². The van der Waals surface area contributed by atoms with Crippen LogP contribution in [0.5, 0.6) is 0 Å². The molecule has 0 unspecified atom stereocenters. The number of nitrogens with zero attached hydrogens (tertiary/aromatic N) is 12. The van der Waals surface area contributed by atoms with Crippen molar-refractivity contribution in [3.05, 3.63) is 130 Å². The molecule has 20 heteroatoms. The first-order chi connectivity index (χ1) is 29.8. The first-order valence-corrected chi connectivity index (χ1v) is 24.9. The normalized spacial score (nSPS) is 11.7. The van der Waals surface area contributed by atoms with Gasteiger partial charge in [-0.25, -0.2) is 0 Å². The minimum atomic E-state index is 0.979. The van der Waals surface area contributed by atoms with Crippen molar-refractivity contribution >= 4 is 186 Å². The molecule has 0 radical (unpaired) electrons. The van der Waals surface area contributed by atoms with Crippen LogP contribution < -0.4 is 19.6 Å². The summed E-state index contributed by atoms with van der Waals surface area (Å²) in [6.45, 7) is 0. The van der Waals surface area contributed by atoms with Crippen LogP contribution in [0.25, 0.3) is 32.3 Å². The number of anilines is 12. The molecule has 0 aliphatic carbocycles. The molecule has 12 aromatic rings. The standard InChI is InChI=1S/C40H22N12S8/c1-2-24-28(50(33-9-43-17-55-33)34-10-44-18-56-34)6-30(52(37-13-47-21-59-37)38-14-48-22-60-38)26-4-3-25-29(51(35-11-45-19-57-35)36-12-46-20-58-36)5-27(23(1)39(25)40(24)26)49(31-7-41-15-53-31)32-8-42-16-54-32/h1-22H. The molecule has 12 rings (SSSR count). The molecule has 290 valence electrons. The van der Waals surface area contributed by atoms with Gasteiger partial charge in [-0.2, -0.15) is 0 Å². The molecule has 12 nitrogen and oxygen atoms in total. The van der Waals surface area contributed by atoms with E-state index < -0.39 is 0 Å². The molecular weight excluding hydrogens is 905 g/mol. The Morgan fingerprint density at radius 1 is 0.267 bits per heavy atom. The zero-order chi connectivity index (χ0) is 39.6. The van der Waals surface area contributed by atoms with Gasteiger partial charge in [0.15, 0.2) is 0 Å². The van der Waals surface area contributed by atoms with Crippen molar-refractivity contribution in [3.8, 4) is 0 Å². The van der Waals surface area contributed by atoms with Gasteiger partial charge in [0.05, 0.1) is 116 Å². The van der Waals surface area contributed by atoms with E-state index in [1.54, 1.807) is 90.7 Å². The van der Waals surface area contributed by atoms with Gasteiger partial charge in [0.1, 0.15) is 40.0 Å². The van der Waals surface area contributed by atoms with Gasteiger partial charge >= 0.3 is 0 Å². The van der Waals surface area contributed by atoms with E-state index in [9.17, 15) is 0 Å². The van der Waals surface area contributed by atoms with Crippen molar-refractivity contribution in [2.24, 2.45) is 0 Å². The lowest BCUT2D eigenvalue weighted by molar-refractivity contribution is 1.28. The molecular formula is C40H22N12S8. The number of rotatable bonds is 12. The van der Waals surface area contributed by atoms with Gasteiger partial charge in [-0.05, 0) is 12.1 Å². The maximum absolute atomic E-state index is 4.55. The summed E-state index contributed by atoms with van der Waals surface area (Å²) in [4.78, 5) is 45.5. The van der Waals surface area contributed by atoms with Crippen molar-refractivity contribution in [3.63, 3.8) is 0 Å². The summed E-state index contributed by atoms with van der Waals surface area (Å²) in [7, 11) is 0. The summed E-state index contributed by atoms with van der Waals surface area (Å²) >= 11 is 12.7. The summed E-state index contributed by atoms with van der Waals surface area (Å²) < 4.78 is 0. The quantitative estimate of drug-likeness (QED) is 0.109. The molecule has 0 aliphatic heterocycles. The average Bonchev–Trinajstić information content (AvgIpc) is 4.13. The number of hydrogen-bond acceptors (Lipinski definition) is 20. The number of aromatic nitrogens is 8. The first-order valence-electron chi connectivity index (χ1n) is 17.9. The Morgan fingerprint density at radius 2 is 0.450 bits per heavy atom. The summed E-state index contributed by atoms with van der Waals surface area (Å²) in [5.41, 5.74) is 19.0. The fourth-order valence-electron chi connectivity index (χ4n) is 7.60. The molecule has 60 heavy (non-hydrogen) atoms. The molecule has 0 saturated carbocycles. The molecule has 8 aromatic heterocycles. The molecule has 0 atom stereocenters. The van der Waals surface area contributed by atoms with Crippen molar-refractivity contribution < 1.29 is 0 Å². The van der Waals surface area contributed by atoms with Gasteiger partial charge < -0.3 is 0 Å². The number of hydrogen-bond donors (Lipinski definition) is 0. The van der Waals surface area contributed by atoms with Gasteiger partial charge in [-0.3, -0.25) is 59.5 Å². The largest absolute Gasteiger partial charge is 0.290 e. The van der Waals surface area contributed by atoms with E-state index in [1.165, 1.54) is 0 Å². The topological polar surface area (TPSA) is 116 Å². The summed E-state index contributed by atoms with van der Waals surface area (Å²) in [6, 6.07) is 13.7. The maximum atomic E-state index is 4.55. The van der Waals surface area contributed by atoms with Crippen LogP contribution in [0.3, 0.4) is 0 Å². The molecule has 4 aromatic carbocycles. The molecule has 0 aliphatic rings. The van der Waals surface area contributed by atoms with E-state index in [1.807, 2.05) is 93.7 Å². The Balaban J connectivity index is 1.27. The summed E-state index contributed by atoms with van der Waals surface area (Å²) in [5, 5.41) is 14.4. The summed E-state index contributed by atoms with van der Waals surface area (Å²) in [5.74, 6) is 0. The lowest BCUT2D eigenvalue weighted by Crippen LogP contribution is -2.14. The zero-order valence-corrected chi connectivity index (χ0v) is 36.9. The van der Waals surface area contributed by atoms with Crippen molar-refractivity contribution in [1.82, 2.24) is 39.9 Å². The average molecular weight is 927 g/mol. The third-order valence-electron chi connectivity index (χ3n) is 9.89. The Kier molecular flexibility index (Phi) is 9.02. The van der Waals surface area contributed by atoms with E-state index in [0.29, 0.717) is 0 Å². The van der Waals surface area contributed by atoms with Crippen LogP contribution in [0.2, 0.25) is 0 Å². The molecule has 0 amide bonds. The van der Waals surface area contributed by atoms with Gasteiger partial charge in [-0.15, -0.1) is 90.7 Å². The molecule has 8 heterocycles. The van der Waals surface area contributed by atoms with E-state index >= 15 is 0 Å². The molecule has 0 saturated heterocycles. The molecule has 0 spiro atoms. The van der Waals surface area contributed by atoms with Crippen molar-refractivity contribution in [2.45, 2.75) is 0 Å². The molecule has 0 N–H and O–H groups in total. The van der Waals surface area contributed by atoms with Crippen LogP contribution in [-0.4, -0.2) is 39.9 Å². The predicted octanol–water partition coefficient (Wildman–Crippen LogP) is 14.1. The first kappa shape index (κ1) is 36.0. The Labute approximate surface area is 372 Å². The van der Waals surface area contributed by atoms with Crippen LogP contribution in [0, 0.1) is 0 Å². The SMILES string of the molecule is c1ncc(N(c2cncs2)c2cc(N(c3cncs3)c3cncs3)c3ccc4c(N(c5cncs5)c5cncs5)cc(N(c5cncs5)c5cncs5)c5ccc2c3c54)s1. The van der Waals surface area contributed by atoms with E-state index in [0.717, 1.165) is 95.1 Å². The van der Waals surface area contributed by atoms with Crippen molar-refractivity contribution in [2.75, 3.05) is 19.6 Å². The summed E-state index contributed by atoms with van der Waals surface area (Å²) in [6.07, 6.45) is 15.4. The van der Waals surface area contributed by atoms with E-state index in [4.69, 9.17) is 0 Å². The van der Waals surface area contributed by atoms with Gasteiger partial charge in [0.2, 0.25) is 0 Å². The predicted molar refractivity (Wildman–Crippen MR) is 254 cm³/mol. The number of thiazole rings is 8. The minimum Gasteiger partial charge on any atom is -0.290 e. The van der Waals surface area contributed by atoms with Crippen LogP contribution in [0.15, 0.2) is 130 Å². The fraction of sp³-hybridized carbons (Fsp3) is 0. The lowest BCUT2D eigenvalue weighted by Gasteiger charge is -2.31.